The van der Waals surface area contributed by atoms with Crippen molar-refractivity contribution in [3.63, 3.8) is 0 Å². The normalized spacial score (nSPS) is 17.2. The van der Waals surface area contributed by atoms with Gasteiger partial charge in [-0.15, -0.1) is 11.3 Å². The van der Waals surface area contributed by atoms with Gasteiger partial charge in [0.2, 0.25) is 0 Å². The zero-order chi connectivity index (χ0) is 13.9. The summed E-state index contributed by atoms with van der Waals surface area (Å²) in [6, 6.07) is 4.96. The zero-order valence-electron chi connectivity index (χ0n) is 12.0. The molecule has 4 heteroatoms. The van der Waals surface area contributed by atoms with Gasteiger partial charge in [0.25, 0.3) is 0 Å². The standard InChI is InChI=1S/C14H25ClN2S/c1-6-11(16)14(12-7-8-13(15)18-12)17(5)10(4)9(2)3/h7-11,14H,6,16H2,1-5H3. The molecule has 0 aliphatic heterocycles. The van der Waals surface area contributed by atoms with Gasteiger partial charge in [0.1, 0.15) is 0 Å². The minimum atomic E-state index is 0.144. The molecule has 18 heavy (non-hydrogen) atoms. The van der Waals surface area contributed by atoms with Crippen LogP contribution in [0.3, 0.4) is 0 Å². The van der Waals surface area contributed by atoms with E-state index in [1.54, 1.807) is 11.3 Å². The molecule has 0 saturated heterocycles. The number of hydrogen-bond donors (Lipinski definition) is 1. The van der Waals surface area contributed by atoms with E-state index < -0.39 is 0 Å². The van der Waals surface area contributed by atoms with Crippen LogP contribution in [0.5, 0.6) is 0 Å². The van der Waals surface area contributed by atoms with Gasteiger partial charge in [0, 0.05) is 17.0 Å². The molecule has 0 fully saturated rings. The highest BCUT2D eigenvalue weighted by Crippen LogP contribution is 2.34. The Morgan fingerprint density at radius 1 is 1.33 bits per heavy atom. The Bertz CT molecular complexity index is 364. The van der Waals surface area contributed by atoms with Gasteiger partial charge >= 0.3 is 0 Å². The first-order chi connectivity index (χ1) is 8.38. The average Bonchev–Trinajstić information content (AvgIpc) is 2.74. The molecule has 0 aliphatic carbocycles. The van der Waals surface area contributed by atoms with Crippen molar-refractivity contribution in [3.8, 4) is 0 Å². The summed E-state index contributed by atoms with van der Waals surface area (Å²) >= 11 is 7.70. The second kappa shape index (κ2) is 6.90. The highest BCUT2D eigenvalue weighted by molar-refractivity contribution is 7.16. The van der Waals surface area contributed by atoms with Gasteiger partial charge in [-0.1, -0.05) is 32.4 Å². The van der Waals surface area contributed by atoms with Gasteiger partial charge in [-0.05, 0) is 38.4 Å². The minimum absolute atomic E-state index is 0.144. The van der Waals surface area contributed by atoms with E-state index in [0.29, 0.717) is 12.0 Å². The Morgan fingerprint density at radius 3 is 2.33 bits per heavy atom. The fraction of sp³-hybridized carbons (Fsp3) is 0.714. The minimum Gasteiger partial charge on any atom is -0.326 e. The third kappa shape index (κ3) is 3.70. The maximum absolute atomic E-state index is 6.32. The number of nitrogens with zero attached hydrogens (tertiary/aromatic N) is 1. The number of hydrogen-bond acceptors (Lipinski definition) is 3. The summed E-state index contributed by atoms with van der Waals surface area (Å²) in [6.07, 6.45) is 0.968. The predicted molar refractivity (Wildman–Crippen MR) is 82.4 cm³/mol. The van der Waals surface area contributed by atoms with E-state index >= 15 is 0 Å². The van der Waals surface area contributed by atoms with E-state index in [2.05, 4.69) is 45.7 Å². The van der Waals surface area contributed by atoms with Gasteiger partial charge in [0.15, 0.2) is 0 Å². The fourth-order valence-electron chi connectivity index (χ4n) is 2.15. The largest absolute Gasteiger partial charge is 0.326 e. The van der Waals surface area contributed by atoms with E-state index in [0.717, 1.165) is 10.8 Å². The Kier molecular flexibility index (Phi) is 6.12. The van der Waals surface area contributed by atoms with Crippen LogP contribution in [0.4, 0.5) is 0 Å². The summed E-state index contributed by atoms with van der Waals surface area (Å²) in [5.74, 6) is 0.608. The molecule has 0 saturated carbocycles. The van der Waals surface area contributed by atoms with Crippen LogP contribution >= 0.6 is 22.9 Å². The number of rotatable bonds is 6. The van der Waals surface area contributed by atoms with E-state index in [9.17, 15) is 0 Å². The molecule has 0 aromatic carbocycles. The molecule has 3 unspecified atom stereocenters. The SMILES string of the molecule is CCC(N)C(c1ccc(Cl)s1)N(C)C(C)C(C)C. The van der Waals surface area contributed by atoms with Crippen LogP contribution in [0.25, 0.3) is 0 Å². The number of nitrogens with two attached hydrogens (primary N) is 1. The lowest BCUT2D eigenvalue weighted by Crippen LogP contribution is -2.44. The summed E-state index contributed by atoms with van der Waals surface area (Å²) in [5.41, 5.74) is 6.32. The highest BCUT2D eigenvalue weighted by Gasteiger charge is 2.28. The Labute approximate surface area is 120 Å². The molecule has 1 rings (SSSR count). The highest BCUT2D eigenvalue weighted by atomic mass is 35.5. The quantitative estimate of drug-likeness (QED) is 0.852. The summed E-state index contributed by atoms with van der Waals surface area (Å²) in [4.78, 5) is 3.66. The lowest BCUT2D eigenvalue weighted by atomic mass is 9.98. The van der Waals surface area contributed by atoms with Crippen LogP contribution < -0.4 is 5.73 Å². The van der Waals surface area contributed by atoms with Crippen LogP contribution in [0, 0.1) is 5.92 Å². The Morgan fingerprint density at radius 2 is 1.94 bits per heavy atom. The topological polar surface area (TPSA) is 29.3 Å². The van der Waals surface area contributed by atoms with Crippen molar-refractivity contribution in [1.82, 2.24) is 4.90 Å². The van der Waals surface area contributed by atoms with Gasteiger partial charge in [-0.2, -0.15) is 0 Å². The van der Waals surface area contributed by atoms with Crippen LogP contribution in [-0.4, -0.2) is 24.0 Å². The van der Waals surface area contributed by atoms with Crippen LogP contribution in [0.2, 0.25) is 4.34 Å². The van der Waals surface area contributed by atoms with Crippen molar-refractivity contribution in [3.05, 3.63) is 21.3 Å². The van der Waals surface area contributed by atoms with Gasteiger partial charge in [-0.25, -0.2) is 0 Å². The molecule has 0 aliphatic rings. The second-order valence-corrected chi connectivity index (χ2v) is 7.06. The van der Waals surface area contributed by atoms with Crippen molar-refractivity contribution >= 4 is 22.9 Å². The molecular weight excluding hydrogens is 264 g/mol. The molecule has 0 amide bonds. The molecular formula is C14H25ClN2S. The summed E-state index contributed by atoms with van der Waals surface area (Å²) in [6.45, 7) is 8.89. The predicted octanol–water partition coefficient (Wildman–Crippen LogP) is 4.16. The molecule has 2 N–H and O–H groups in total. The second-order valence-electron chi connectivity index (χ2n) is 5.31. The molecule has 104 valence electrons. The van der Waals surface area contributed by atoms with Gasteiger partial charge in [0.05, 0.1) is 10.4 Å². The van der Waals surface area contributed by atoms with E-state index in [1.165, 1.54) is 4.88 Å². The first kappa shape index (κ1) is 16.0. The molecule has 0 radical (unpaired) electrons. The Balaban J connectivity index is 2.98. The van der Waals surface area contributed by atoms with Crippen molar-refractivity contribution in [2.24, 2.45) is 11.7 Å². The van der Waals surface area contributed by atoms with E-state index in [1.807, 2.05) is 6.07 Å². The summed E-state index contributed by atoms with van der Waals surface area (Å²) < 4.78 is 0.837. The van der Waals surface area contributed by atoms with Crippen molar-refractivity contribution in [1.29, 1.82) is 0 Å². The first-order valence-electron chi connectivity index (χ1n) is 6.61. The van der Waals surface area contributed by atoms with Crippen molar-refractivity contribution < 1.29 is 0 Å². The summed E-state index contributed by atoms with van der Waals surface area (Å²) in [7, 11) is 2.17. The molecule has 1 aromatic rings. The lowest BCUT2D eigenvalue weighted by Gasteiger charge is -2.37. The van der Waals surface area contributed by atoms with Gasteiger partial charge in [-0.3, -0.25) is 4.90 Å². The fourth-order valence-corrected chi connectivity index (χ4v) is 3.44. The lowest BCUT2D eigenvalue weighted by molar-refractivity contribution is 0.129. The third-order valence-electron chi connectivity index (χ3n) is 3.81. The number of likely N-dealkylation sites (N-methyl/N-ethyl adjacent to an activating group) is 1. The van der Waals surface area contributed by atoms with Crippen LogP contribution in [0.15, 0.2) is 12.1 Å². The first-order valence-corrected chi connectivity index (χ1v) is 7.80. The smallest absolute Gasteiger partial charge is 0.0931 e. The van der Waals surface area contributed by atoms with Crippen LogP contribution in [0.1, 0.15) is 45.0 Å². The van der Waals surface area contributed by atoms with Crippen molar-refractivity contribution in [2.45, 2.75) is 52.2 Å². The molecule has 0 spiro atoms. The molecule has 2 nitrogen and oxygen atoms in total. The van der Waals surface area contributed by atoms with E-state index in [4.69, 9.17) is 17.3 Å². The average molecular weight is 289 g/mol. The number of thiophene rings is 1. The molecule has 3 atom stereocenters. The molecule has 0 bridgehead atoms. The van der Waals surface area contributed by atoms with Crippen molar-refractivity contribution in [2.75, 3.05) is 7.05 Å². The zero-order valence-corrected chi connectivity index (χ0v) is 13.6. The molecule has 1 aromatic heterocycles. The monoisotopic (exact) mass is 288 g/mol. The van der Waals surface area contributed by atoms with E-state index in [-0.39, 0.29) is 12.1 Å². The summed E-state index contributed by atoms with van der Waals surface area (Å²) in [5, 5.41) is 0. The maximum atomic E-state index is 6.32. The molecule has 1 heterocycles. The third-order valence-corrected chi connectivity index (χ3v) is 5.11. The van der Waals surface area contributed by atoms with Crippen LogP contribution in [-0.2, 0) is 0 Å². The number of halogens is 1. The maximum Gasteiger partial charge on any atom is 0.0931 e. The van der Waals surface area contributed by atoms with Gasteiger partial charge < -0.3 is 5.73 Å². The Hall–Kier alpha value is -0.0900.